The van der Waals surface area contributed by atoms with Gasteiger partial charge >= 0.3 is 0 Å². The number of amides is 1. The molecule has 166 valence electrons. The van der Waals surface area contributed by atoms with Gasteiger partial charge < -0.3 is 4.90 Å². The molecule has 0 saturated heterocycles. The fraction of sp³-hybridized carbons (Fsp3) is 0.417. The fourth-order valence-corrected chi connectivity index (χ4v) is 6.49. The average molecular weight is 467 g/mol. The van der Waals surface area contributed by atoms with Crippen LogP contribution in [0.4, 0.5) is 5.69 Å². The Morgan fingerprint density at radius 3 is 2.78 bits per heavy atom. The zero-order chi connectivity index (χ0) is 22.7. The van der Waals surface area contributed by atoms with Crippen LogP contribution in [0.25, 0.3) is 10.2 Å². The summed E-state index contributed by atoms with van der Waals surface area (Å²) in [4.78, 5) is 35.3. The van der Waals surface area contributed by atoms with Crippen LogP contribution >= 0.6 is 23.1 Å². The molecule has 0 fully saturated rings. The number of hydrogen-bond donors (Lipinski definition) is 0. The van der Waals surface area contributed by atoms with E-state index in [1.165, 1.54) is 22.2 Å². The van der Waals surface area contributed by atoms with Crippen LogP contribution in [0.3, 0.4) is 0 Å². The van der Waals surface area contributed by atoms with E-state index in [1.807, 2.05) is 44.2 Å². The molecule has 0 bridgehead atoms. The number of thiophene rings is 1. The Morgan fingerprint density at radius 1 is 1.31 bits per heavy atom. The minimum absolute atomic E-state index is 0.00319. The van der Waals surface area contributed by atoms with E-state index in [2.05, 4.69) is 6.07 Å². The number of carbonyl (C=O) groups is 1. The van der Waals surface area contributed by atoms with Crippen molar-refractivity contribution in [2.45, 2.75) is 62.9 Å². The van der Waals surface area contributed by atoms with Crippen molar-refractivity contribution in [3.63, 3.8) is 0 Å². The summed E-state index contributed by atoms with van der Waals surface area (Å²) in [7, 11) is 0. The number of aromatic nitrogens is 2. The second-order valence-corrected chi connectivity index (χ2v) is 10.2. The Morgan fingerprint density at radius 2 is 2.06 bits per heavy atom. The van der Waals surface area contributed by atoms with Gasteiger partial charge in [-0.2, -0.15) is 5.26 Å². The molecular formula is C24H26N4O2S2. The molecule has 1 unspecified atom stereocenters. The summed E-state index contributed by atoms with van der Waals surface area (Å²) >= 11 is 2.95. The molecule has 32 heavy (non-hydrogen) atoms. The van der Waals surface area contributed by atoms with Crippen LogP contribution in [0.2, 0.25) is 0 Å². The zero-order valence-corrected chi connectivity index (χ0v) is 20.0. The third-order valence-electron chi connectivity index (χ3n) is 5.77. The van der Waals surface area contributed by atoms with Crippen LogP contribution in [0.15, 0.2) is 40.3 Å². The second kappa shape index (κ2) is 9.88. The van der Waals surface area contributed by atoms with Crippen LogP contribution in [-0.4, -0.2) is 27.3 Å². The van der Waals surface area contributed by atoms with Crippen molar-refractivity contribution < 1.29 is 4.79 Å². The number of aryl methyl sites for hydroxylation is 2. The highest BCUT2D eigenvalue weighted by molar-refractivity contribution is 8.00. The van der Waals surface area contributed by atoms with Gasteiger partial charge in [0.2, 0.25) is 5.91 Å². The van der Waals surface area contributed by atoms with Crippen molar-refractivity contribution in [1.29, 1.82) is 5.26 Å². The largest absolute Gasteiger partial charge is 0.310 e. The number of hydrogen-bond acceptors (Lipinski definition) is 6. The zero-order valence-electron chi connectivity index (χ0n) is 18.3. The topological polar surface area (TPSA) is 79.0 Å². The monoisotopic (exact) mass is 466 g/mol. The van der Waals surface area contributed by atoms with Gasteiger partial charge in [-0.3, -0.25) is 14.2 Å². The number of anilines is 1. The molecule has 1 aromatic carbocycles. The molecule has 6 nitrogen and oxygen atoms in total. The van der Waals surface area contributed by atoms with E-state index in [9.17, 15) is 9.59 Å². The maximum absolute atomic E-state index is 13.3. The maximum atomic E-state index is 13.3. The van der Waals surface area contributed by atoms with Gasteiger partial charge in [0.1, 0.15) is 4.83 Å². The fourth-order valence-electron chi connectivity index (χ4n) is 4.15. The highest BCUT2D eigenvalue weighted by Crippen LogP contribution is 2.35. The van der Waals surface area contributed by atoms with Crippen LogP contribution in [0, 0.1) is 11.3 Å². The molecule has 4 rings (SSSR count). The Balaban J connectivity index is 1.66. The standard InChI is InChI=1S/C24H26N4O2S2/c1-3-27-23(30)20-18-12-7-8-13-19(18)32-21(20)26-24(27)31-16(2)22(29)28(15-9-14-25)17-10-5-4-6-11-17/h4-6,10-11,16H,3,7-9,12-13,15H2,1-2H3. The summed E-state index contributed by atoms with van der Waals surface area (Å²) in [6.07, 6.45) is 4.49. The lowest BCUT2D eigenvalue weighted by Gasteiger charge is -2.25. The van der Waals surface area contributed by atoms with Crippen LogP contribution in [0.1, 0.15) is 43.6 Å². The third kappa shape index (κ3) is 4.32. The lowest BCUT2D eigenvalue weighted by atomic mass is 9.97. The normalized spacial score (nSPS) is 14.0. The molecule has 8 heteroatoms. The van der Waals surface area contributed by atoms with Gasteiger partial charge in [-0.05, 0) is 57.2 Å². The molecular weight excluding hydrogens is 440 g/mol. The number of rotatable bonds is 7. The van der Waals surface area contributed by atoms with Gasteiger partial charge in [-0.1, -0.05) is 30.0 Å². The molecule has 2 aromatic heterocycles. The first-order chi connectivity index (χ1) is 15.5. The van der Waals surface area contributed by atoms with Gasteiger partial charge in [-0.25, -0.2) is 4.98 Å². The predicted molar refractivity (Wildman–Crippen MR) is 131 cm³/mol. The lowest BCUT2D eigenvalue weighted by molar-refractivity contribution is -0.117. The van der Waals surface area contributed by atoms with Gasteiger partial charge in [0.25, 0.3) is 5.56 Å². The quantitative estimate of drug-likeness (QED) is 0.370. The minimum atomic E-state index is -0.453. The van der Waals surface area contributed by atoms with E-state index in [4.69, 9.17) is 10.2 Å². The van der Waals surface area contributed by atoms with Crippen LogP contribution in [0.5, 0.6) is 0 Å². The summed E-state index contributed by atoms with van der Waals surface area (Å²) in [5, 5.41) is 9.95. The van der Waals surface area contributed by atoms with Crippen molar-refractivity contribution in [3.05, 3.63) is 51.1 Å². The van der Waals surface area contributed by atoms with Gasteiger partial charge in [0.05, 0.1) is 23.1 Å². The Hall–Kier alpha value is -2.63. The Bertz CT molecular complexity index is 1230. The van der Waals surface area contributed by atoms with Gasteiger partial charge in [0, 0.05) is 23.7 Å². The number of fused-ring (bicyclic) bond motifs is 3. The molecule has 0 aliphatic heterocycles. The molecule has 1 aliphatic rings. The SMILES string of the molecule is CCn1c(SC(C)C(=O)N(CCC#N)c2ccccc2)nc2sc3c(c2c1=O)CCCC3. The summed E-state index contributed by atoms with van der Waals surface area (Å²) < 4.78 is 1.69. The number of benzene rings is 1. The molecule has 1 atom stereocenters. The summed E-state index contributed by atoms with van der Waals surface area (Å²) in [5.74, 6) is -0.0982. The first-order valence-corrected chi connectivity index (χ1v) is 12.7. The van der Waals surface area contributed by atoms with E-state index >= 15 is 0 Å². The third-order valence-corrected chi connectivity index (χ3v) is 8.03. The minimum Gasteiger partial charge on any atom is -0.310 e. The van der Waals surface area contributed by atoms with Crippen LogP contribution in [-0.2, 0) is 24.2 Å². The molecule has 0 spiro atoms. The van der Waals surface area contributed by atoms with Crippen molar-refractivity contribution in [3.8, 4) is 6.07 Å². The van der Waals surface area contributed by atoms with Crippen LogP contribution < -0.4 is 10.5 Å². The number of carbonyl (C=O) groups excluding carboxylic acids is 1. The second-order valence-electron chi connectivity index (χ2n) is 7.83. The van der Waals surface area contributed by atoms with E-state index in [1.54, 1.807) is 20.8 Å². The number of nitriles is 1. The molecule has 2 heterocycles. The number of nitrogens with zero attached hydrogens (tertiary/aromatic N) is 4. The first kappa shape index (κ1) is 22.6. The van der Waals surface area contributed by atoms with E-state index in [0.29, 0.717) is 18.2 Å². The molecule has 0 saturated carbocycles. The lowest BCUT2D eigenvalue weighted by Crippen LogP contribution is -2.37. The number of para-hydroxylation sites is 1. The Kier molecular flexibility index (Phi) is 6.97. The summed E-state index contributed by atoms with van der Waals surface area (Å²) in [6.45, 7) is 4.61. The first-order valence-electron chi connectivity index (χ1n) is 11.0. The molecule has 1 aliphatic carbocycles. The molecule has 0 N–H and O–H groups in total. The molecule has 3 aromatic rings. The van der Waals surface area contributed by atoms with Crippen molar-refractivity contribution >= 4 is 44.9 Å². The smallest absolute Gasteiger partial charge is 0.263 e. The van der Waals surface area contributed by atoms with Crippen molar-refractivity contribution in [2.75, 3.05) is 11.4 Å². The summed E-state index contributed by atoms with van der Waals surface area (Å²) in [6, 6.07) is 11.5. The van der Waals surface area contributed by atoms with Gasteiger partial charge in [0.15, 0.2) is 5.16 Å². The van der Waals surface area contributed by atoms with Crippen molar-refractivity contribution in [2.24, 2.45) is 0 Å². The molecule has 1 amide bonds. The Labute approximate surface area is 195 Å². The average Bonchev–Trinajstić information content (AvgIpc) is 3.18. The molecule has 0 radical (unpaired) electrons. The highest BCUT2D eigenvalue weighted by atomic mass is 32.2. The van der Waals surface area contributed by atoms with Gasteiger partial charge in [-0.15, -0.1) is 11.3 Å². The van der Waals surface area contributed by atoms with Crippen molar-refractivity contribution in [1.82, 2.24) is 9.55 Å². The van der Waals surface area contributed by atoms with E-state index in [0.717, 1.165) is 41.6 Å². The maximum Gasteiger partial charge on any atom is 0.263 e. The highest BCUT2D eigenvalue weighted by Gasteiger charge is 2.26. The van der Waals surface area contributed by atoms with E-state index in [-0.39, 0.29) is 17.9 Å². The summed E-state index contributed by atoms with van der Waals surface area (Å²) in [5.41, 5.74) is 1.95. The van der Waals surface area contributed by atoms with E-state index < -0.39 is 5.25 Å². The number of thioether (sulfide) groups is 1. The predicted octanol–water partition coefficient (Wildman–Crippen LogP) is 4.78.